The average molecular weight is 350 g/mol. The maximum Gasteiger partial charge on any atom is 0.248 e. The Kier molecular flexibility index (Phi) is 5.04. The number of carbonyl (C=O) groups is 1. The first kappa shape index (κ1) is 16.8. The molecule has 7 heteroatoms. The van der Waals surface area contributed by atoms with E-state index >= 15 is 0 Å². The lowest BCUT2D eigenvalue weighted by atomic mass is 10.1. The first-order valence-electron chi connectivity index (χ1n) is 8.13. The highest BCUT2D eigenvalue weighted by atomic mass is 35.5. The summed E-state index contributed by atoms with van der Waals surface area (Å²) < 4.78 is 5.29. The van der Waals surface area contributed by atoms with Gasteiger partial charge < -0.3 is 14.9 Å². The van der Waals surface area contributed by atoms with Crippen molar-refractivity contribution >= 4 is 17.5 Å². The monoisotopic (exact) mass is 349 g/mol. The summed E-state index contributed by atoms with van der Waals surface area (Å²) in [5, 5.41) is 16.6. The predicted molar refractivity (Wildman–Crippen MR) is 88.9 cm³/mol. The van der Waals surface area contributed by atoms with Gasteiger partial charge in [-0.25, -0.2) is 0 Å². The van der Waals surface area contributed by atoms with Crippen LogP contribution in [-0.4, -0.2) is 21.2 Å². The number of hydrogen-bond donors (Lipinski definition) is 2. The van der Waals surface area contributed by atoms with Crippen LogP contribution >= 0.6 is 11.6 Å². The first-order chi connectivity index (χ1) is 11.5. The van der Waals surface area contributed by atoms with Crippen LogP contribution in [-0.2, 0) is 11.2 Å². The normalized spacial score (nSPS) is 16.2. The lowest BCUT2D eigenvalue weighted by molar-refractivity contribution is -0.121. The quantitative estimate of drug-likeness (QED) is 0.862. The lowest BCUT2D eigenvalue weighted by Gasteiger charge is -2.10. The van der Waals surface area contributed by atoms with Crippen LogP contribution < -0.4 is 5.32 Å². The molecular formula is C17H20ClN3O3. The number of carbonyl (C=O) groups excluding carboxylic acids is 1. The van der Waals surface area contributed by atoms with Gasteiger partial charge in [0.05, 0.1) is 6.42 Å². The third kappa shape index (κ3) is 3.87. The van der Waals surface area contributed by atoms with Crippen molar-refractivity contribution in [2.24, 2.45) is 0 Å². The fourth-order valence-electron chi connectivity index (χ4n) is 2.98. The van der Waals surface area contributed by atoms with Crippen molar-refractivity contribution < 1.29 is 14.4 Å². The minimum Gasteiger partial charge on any atom is -0.508 e. The smallest absolute Gasteiger partial charge is 0.248 e. The number of phenols is 1. The number of rotatable bonds is 5. The summed E-state index contributed by atoms with van der Waals surface area (Å²) in [7, 11) is 0. The first-order valence-corrected chi connectivity index (χ1v) is 8.51. The highest BCUT2D eigenvalue weighted by Crippen LogP contribution is 2.32. The molecule has 0 spiro atoms. The lowest BCUT2D eigenvalue weighted by Crippen LogP contribution is -2.28. The third-order valence-electron chi connectivity index (χ3n) is 4.31. The molecule has 24 heavy (non-hydrogen) atoms. The minimum absolute atomic E-state index is 0.0721. The molecule has 0 saturated heterocycles. The third-order valence-corrected chi connectivity index (χ3v) is 4.67. The van der Waals surface area contributed by atoms with Gasteiger partial charge in [0.15, 0.2) is 5.82 Å². The van der Waals surface area contributed by atoms with Gasteiger partial charge in [0.2, 0.25) is 11.8 Å². The second-order valence-electron chi connectivity index (χ2n) is 6.21. The van der Waals surface area contributed by atoms with Gasteiger partial charge in [-0.15, -0.1) is 0 Å². The second-order valence-corrected chi connectivity index (χ2v) is 6.62. The van der Waals surface area contributed by atoms with E-state index in [-0.39, 0.29) is 24.1 Å². The standard InChI is InChI=1S/C17H20ClN3O3/c1-10(17-20-16(21-24-17)11-4-2-3-5-11)19-15(23)8-12-6-7-13(22)9-14(12)18/h6-7,9-11,22H,2-5,8H2,1H3,(H,19,23)/t10-/m1/s1. The molecule has 1 fully saturated rings. The van der Waals surface area contributed by atoms with Gasteiger partial charge >= 0.3 is 0 Å². The van der Waals surface area contributed by atoms with Gasteiger partial charge in [-0.2, -0.15) is 4.98 Å². The number of nitrogens with zero attached hydrogens (tertiary/aromatic N) is 2. The number of nitrogens with one attached hydrogen (secondary N) is 1. The second kappa shape index (κ2) is 7.21. The summed E-state index contributed by atoms with van der Waals surface area (Å²) in [6.07, 6.45) is 4.72. The van der Waals surface area contributed by atoms with Gasteiger partial charge in [0.1, 0.15) is 11.8 Å². The maximum atomic E-state index is 12.2. The molecule has 0 unspecified atom stereocenters. The van der Waals surface area contributed by atoms with Crippen LogP contribution in [0, 0.1) is 0 Å². The summed E-state index contributed by atoms with van der Waals surface area (Å²) in [5.41, 5.74) is 0.649. The summed E-state index contributed by atoms with van der Waals surface area (Å²) in [6.45, 7) is 1.81. The predicted octanol–water partition coefficient (Wildman–Crippen LogP) is 3.51. The number of benzene rings is 1. The zero-order valence-electron chi connectivity index (χ0n) is 13.5. The van der Waals surface area contributed by atoms with Crippen LogP contribution in [0.4, 0.5) is 0 Å². The summed E-state index contributed by atoms with van der Waals surface area (Å²) in [6, 6.07) is 4.19. The van der Waals surface area contributed by atoms with E-state index in [9.17, 15) is 9.90 Å². The zero-order valence-corrected chi connectivity index (χ0v) is 14.2. The van der Waals surface area contributed by atoms with E-state index in [2.05, 4.69) is 15.5 Å². The number of phenolic OH excluding ortho intramolecular Hbond substituents is 1. The molecule has 1 aromatic carbocycles. The molecule has 2 aromatic rings. The van der Waals surface area contributed by atoms with Crippen molar-refractivity contribution in [1.82, 2.24) is 15.5 Å². The van der Waals surface area contributed by atoms with E-state index in [4.69, 9.17) is 16.1 Å². The van der Waals surface area contributed by atoms with E-state index in [0.717, 1.165) is 18.7 Å². The molecule has 0 radical (unpaired) electrons. The molecule has 6 nitrogen and oxygen atoms in total. The number of halogens is 1. The fourth-order valence-corrected chi connectivity index (χ4v) is 3.22. The molecule has 1 aliphatic rings. The van der Waals surface area contributed by atoms with E-state index < -0.39 is 0 Å². The zero-order chi connectivity index (χ0) is 17.1. The van der Waals surface area contributed by atoms with E-state index in [1.165, 1.54) is 25.0 Å². The number of aromatic nitrogens is 2. The summed E-state index contributed by atoms with van der Waals surface area (Å²) in [5.74, 6) is 1.41. The number of amides is 1. The highest BCUT2D eigenvalue weighted by molar-refractivity contribution is 6.31. The molecular weight excluding hydrogens is 330 g/mol. The van der Waals surface area contributed by atoms with E-state index in [1.807, 2.05) is 6.92 Å². The van der Waals surface area contributed by atoms with E-state index in [1.54, 1.807) is 6.07 Å². The van der Waals surface area contributed by atoms with Crippen molar-refractivity contribution in [2.45, 2.75) is 51.0 Å². The molecule has 128 valence electrons. The molecule has 1 saturated carbocycles. The van der Waals surface area contributed by atoms with Crippen molar-refractivity contribution in [3.63, 3.8) is 0 Å². The van der Waals surface area contributed by atoms with Gasteiger partial charge in [-0.1, -0.05) is 35.7 Å². The Bertz CT molecular complexity index is 726. The van der Waals surface area contributed by atoms with Crippen molar-refractivity contribution in [3.8, 4) is 5.75 Å². The molecule has 2 N–H and O–H groups in total. The van der Waals surface area contributed by atoms with Gasteiger partial charge in [0.25, 0.3) is 0 Å². The van der Waals surface area contributed by atoms with Crippen LogP contribution in [0.5, 0.6) is 5.75 Å². The molecule has 1 heterocycles. The van der Waals surface area contributed by atoms with Crippen LogP contribution in [0.3, 0.4) is 0 Å². The van der Waals surface area contributed by atoms with Crippen LogP contribution in [0.2, 0.25) is 5.02 Å². The number of hydrogen-bond acceptors (Lipinski definition) is 5. The molecule has 0 aliphatic heterocycles. The molecule has 1 amide bonds. The van der Waals surface area contributed by atoms with Gasteiger partial charge in [-0.3, -0.25) is 4.79 Å². The molecule has 3 rings (SSSR count). The largest absolute Gasteiger partial charge is 0.508 e. The summed E-state index contributed by atoms with van der Waals surface area (Å²) in [4.78, 5) is 16.6. The molecule has 1 aromatic heterocycles. The summed E-state index contributed by atoms with van der Waals surface area (Å²) >= 11 is 6.02. The van der Waals surface area contributed by atoms with Gasteiger partial charge in [-0.05, 0) is 37.5 Å². The van der Waals surface area contributed by atoms with Crippen LogP contribution in [0.25, 0.3) is 0 Å². The SMILES string of the molecule is C[C@@H](NC(=O)Cc1ccc(O)cc1Cl)c1nc(C2CCCC2)no1. The van der Waals surface area contributed by atoms with Crippen molar-refractivity contribution in [3.05, 3.63) is 40.5 Å². The van der Waals surface area contributed by atoms with Gasteiger partial charge in [0, 0.05) is 10.9 Å². The Morgan fingerprint density at radius 2 is 2.21 bits per heavy atom. The Balaban J connectivity index is 1.59. The Morgan fingerprint density at radius 1 is 1.46 bits per heavy atom. The minimum atomic E-state index is -0.365. The van der Waals surface area contributed by atoms with Crippen LogP contribution in [0.15, 0.2) is 22.7 Å². The Labute approximate surface area is 145 Å². The average Bonchev–Trinajstić information content (AvgIpc) is 3.20. The highest BCUT2D eigenvalue weighted by Gasteiger charge is 2.24. The molecule has 1 aliphatic carbocycles. The molecule has 0 bridgehead atoms. The fraction of sp³-hybridized carbons (Fsp3) is 0.471. The van der Waals surface area contributed by atoms with Crippen molar-refractivity contribution in [2.75, 3.05) is 0 Å². The Morgan fingerprint density at radius 3 is 2.92 bits per heavy atom. The van der Waals surface area contributed by atoms with Crippen molar-refractivity contribution in [1.29, 1.82) is 0 Å². The van der Waals surface area contributed by atoms with E-state index in [0.29, 0.717) is 22.4 Å². The topological polar surface area (TPSA) is 88.2 Å². The molecule has 1 atom stereocenters. The van der Waals surface area contributed by atoms with Crippen LogP contribution in [0.1, 0.15) is 61.8 Å². The number of aromatic hydroxyl groups is 1. The maximum absolute atomic E-state index is 12.2. The Hall–Kier alpha value is -2.08.